The van der Waals surface area contributed by atoms with E-state index in [1.165, 1.54) is 17.8 Å². The first kappa shape index (κ1) is 18.0. The predicted octanol–water partition coefficient (Wildman–Crippen LogP) is 3.08. The van der Waals surface area contributed by atoms with Gasteiger partial charge < -0.3 is 5.32 Å². The minimum atomic E-state index is -3.36. The third-order valence-corrected chi connectivity index (χ3v) is 5.64. The molecule has 2 aromatic carbocycles. The number of thioether (sulfide) groups is 1. The normalized spacial score (nSPS) is 12.2. The van der Waals surface area contributed by atoms with Gasteiger partial charge in [0, 0.05) is 16.8 Å². The fourth-order valence-corrected chi connectivity index (χ4v) is 4.25. The number of carbonyl (C=O) groups is 1. The van der Waals surface area contributed by atoms with Crippen molar-refractivity contribution in [2.75, 3.05) is 11.6 Å². The van der Waals surface area contributed by atoms with Gasteiger partial charge in [0.25, 0.3) is 0 Å². The number of nitriles is 1. The van der Waals surface area contributed by atoms with Gasteiger partial charge in [0.15, 0.2) is 9.84 Å². The van der Waals surface area contributed by atoms with Crippen LogP contribution in [-0.2, 0) is 14.6 Å². The molecule has 1 amide bonds. The molecule has 0 radical (unpaired) electrons. The van der Waals surface area contributed by atoms with E-state index in [1.54, 1.807) is 49.4 Å². The molecule has 5 nitrogen and oxygen atoms in total. The highest BCUT2D eigenvalue weighted by molar-refractivity contribution is 8.01. The van der Waals surface area contributed by atoms with Crippen LogP contribution in [0, 0.1) is 11.3 Å². The van der Waals surface area contributed by atoms with Crippen molar-refractivity contribution in [3.05, 3.63) is 54.1 Å². The average molecular weight is 360 g/mol. The van der Waals surface area contributed by atoms with Gasteiger partial charge >= 0.3 is 0 Å². The van der Waals surface area contributed by atoms with Gasteiger partial charge in [-0.3, -0.25) is 4.79 Å². The van der Waals surface area contributed by atoms with Gasteiger partial charge in [-0.05, 0) is 37.3 Å². The Hall–Kier alpha value is -2.30. The van der Waals surface area contributed by atoms with Crippen LogP contribution in [0.25, 0.3) is 0 Å². The second kappa shape index (κ2) is 7.51. The van der Waals surface area contributed by atoms with Crippen molar-refractivity contribution in [1.82, 2.24) is 0 Å². The monoisotopic (exact) mass is 360 g/mol. The summed E-state index contributed by atoms with van der Waals surface area (Å²) >= 11 is 1.18. The molecule has 1 N–H and O–H groups in total. The number of hydrogen-bond donors (Lipinski definition) is 1. The van der Waals surface area contributed by atoms with Crippen molar-refractivity contribution in [3.8, 4) is 6.07 Å². The third kappa shape index (κ3) is 4.60. The Morgan fingerprint density at radius 1 is 1.21 bits per heavy atom. The number of benzene rings is 2. The van der Waals surface area contributed by atoms with Crippen LogP contribution in [0.2, 0.25) is 0 Å². The van der Waals surface area contributed by atoms with E-state index in [9.17, 15) is 13.2 Å². The van der Waals surface area contributed by atoms with E-state index in [-0.39, 0.29) is 10.8 Å². The molecule has 0 aliphatic rings. The van der Waals surface area contributed by atoms with Crippen LogP contribution in [0.1, 0.15) is 12.5 Å². The highest BCUT2D eigenvalue weighted by Gasteiger charge is 2.19. The minimum Gasteiger partial charge on any atom is -0.325 e. The summed E-state index contributed by atoms with van der Waals surface area (Å²) in [5.41, 5.74) is 0.985. The van der Waals surface area contributed by atoms with Crippen LogP contribution in [0.5, 0.6) is 0 Å². The molecule has 0 heterocycles. The molecule has 2 aromatic rings. The number of nitrogens with zero attached hydrogens (tertiary/aromatic N) is 1. The average Bonchev–Trinajstić information content (AvgIpc) is 2.54. The Bertz CT molecular complexity index is 902. The first-order valence-electron chi connectivity index (χ1n) is 7.08. The standard InChI is InChI=1S/C17H16N2O3S2/c1-12(17(20)19-14-7-5-6-13(10-14)11-18)23-15-8-3-4-9-16(15)24(2,21)22/h3-10,12H,1-2H3,(H,19,20). The zero-order chi connectivity index (χ0) is 17.7. The van der Waals surface area contributed by atoms with Gasteiger partial charge in [-0.2, -0.15) is 5.26 Å². The minimum absolute atomic E-state index is 0.209. The largest absolute Gasteiger partial charge is 0.325 e. The Morgan fingerprint density at radius 2 is 1.92 bits per heavy atom. The van der Waals surface area contributed by atoms with Crippen molar-refractivity contribution in [2.45, 2.75) is 22.0 Å². The van der Waals surface area contributed by atoms with Crippen LogP contribution < -0.4 is 5.32 Å². The second-order valence-electron chi connectivity index (χ2n) is 5.16. The topological polar surface area (TPSA) is 87.0 Å². The molecule has 1 atom stereocenters. The maximum absolute atomic E-state index is 12.3. The Kier molecular flexibility index (Phi) is 5.65. The van der Waals surface area contributed by atoms with E-state index < -0.39 is 15.1 Å². The van der Waals surface area contributed by atoms with E-state index in [0.717, 1.165) is 6.26 Å². The molecule has 7 heteroatoms. The highest BCUT2D eigenvalue weighted by Crippen LogP contribution is 2.30. The van der Waals surface area contributed by atoms with Gasteiger partial charge in [0.2, 0.25) is 5.91 Å². The molecule has 0 spiro atoms. The van der Waals surface area contributed by atoms with Gasteiger partial charge in [-0.1, -0.05) is 18.2 Å². The summed E-state index contributed by atoms with van der Waals surface area (Å²) < 4.78 is 23.6. The van der Waals surface area contributed by atoms with Crippen molar-refractivity contribution in [3.63, 3.8) is 0 Å². The van der Waals surface area contributed by atoms with Crippen LogP contribution in [0.3, 0.4) is 0 Å². The molecule has 0 bridgehead atoms. The van der Waals surface area contributed by atoms with Crippen molar-refractivity contribution < 1.29 is 13.2 Å². The van der Waals surface area contributed by atoms with Gasteiger partial charge in [-0.15, -0.1) is 11.8 Å². The smallest absolute Gasteiger partial charge is 0.237 e. The third-order valence-electron chi connectivity index (χ3n) is 3.18. The lowest BCUT2D eigenvalue weighted by atomic mass is 10.2. The van der Waals surface area contributed by atoms with Crippen molar-refractivity contribution >= 4 is 33.2 Å². The summed E-state index contributed by atoms with van der Waals surface area (Å²) in [7, 11) is -3.36. The molecule has 1 unspecified atom stereocenters. The lowest BCUT2D eigenvalue weighted by Gasteiger charge is -2.14. The lowest BCUT2D eigenvalue weighted by molar-refractivity contribution is -0.115. The van der Waals surface area contributed by atoms with Crippen molar-refractivity contribution in [2.24, 2.45) is 0 Å². The maximum Gasteiger partial charge on any atom is 0.237 e. The summed E-state index contributed by atoms with van der Waals surface area (Å²) in [6.07, 6.45) is 1.14. The SMILES string of the molecule is CC(Sc1ccccc1S(C)(=O)=O)C(=O)Nc1cccc(C#N)c1. The molecule has 0 fully saturated rings. The number of anilines is 1. The van der Waals surface area contributed by atoms with Crippen LogP contribution >= 0.6 is 11.8 Å². The summed E-state index contributed by atoms with van der Waals surface area (Å²) in [5, 5.41) is 11.1. The van der Waals surface area contributed by atoms with Gasteiger partial charge in [0.1, 0.15) is 0 Å². The van der Waals surface area contributed by atoms with E-state index in [2.05, 4.69) is 5.32 Å². The summed E-state index contributed by atoms with van der Waals surface area (Å²) in [4.78, 5) is 13.1. The molecule has 0 aromatic heterocycles. The molecule has 0 aliphatic carbocycles. The fourth-order valence-electron chi connectivity index (χ4n) is 2.01. The molecular weight excluding hydrogens is 344 g/mol. The Morgan fingerprint density at radius 3 is 2.58 bits per heavy atom. The molecule has 124 valence electrons. The zero-order valence-corrected chi connectivity index (χ0v) is 14.8. The molecule has 2 rings (SSSR count). The Balaban J connectivity index is 2.14. The molecule has 24 heavy (non-hydrogen) atoms. The number of nitrogens with one attached hydrogen (secondary N) is 1. The number of amides is 1. The van der Waals surface area contributed by atoms with E-state index >= 15 is 0 Å². The number of carbonyl (C=O) groups excluding carboxylic acids is 1. The number of sulfone groups is 1. The number of hydrogen-bond acceptors (Lipinski definition) is 5. The van der Waals surface area contributed by atoms with E-state index in [1.807, 2.05) is 6.07 Å². The zero-order valence-electron chi connectivity index (χ0n) is 13.2. The first-order valence-corrected chi connectivity index (χ1v) is 9.85. The molecular formula is C17H16N2O3S2. The van der Waals surface area contributed by atoms with Gasteiger partial charge in [0.05, 0.1) is 21.8 Å². The summed E-state index contributed by atoms with van der Waals surface area (Å²) in [5.74, 6) is -0.265. The maximum atomic E-state index is 12.3. The van der Waals surface area contributed by atoms with Crippen LogP contribution in [0.15, 0.2) is 58.3 Å². The highest BCUT2D eigenvalue weighted by atomic mass is 32.2. The van der Waals surface area contributed by atoms with E-state index in [4.69, 9.17) is 5.26 Å². The lowest BCUT2D eigenvalue weighted by Crippen LogP contribution is -2.22. The second-order valence-corrected chi connectivity index (χ2v) is 8.53. The number of rotatable bonds is 5. The summed E-state index contributed by atoms with van der Waals surface area (Å²) in [6.45, 7) is 1.70. The van der Waals surface area contributed by atoms with Crippen molar-refractivity contribution in [1.29, 1.82) is 5.26 Å². The molecule has 0 saturated heterocycles. The van der Waals surface area contributed by atoms with Gasteiger partial charge in [-0.25, -0.2) is 8.42 Å². The molecule has 0 saturated carbocycles. The van der Waals surface area contributed by atoms with E-state index in [0.29, 0.717) is 16.1 Å². The van der Waals surface area contributed by atoms with Crippen LogP contribution in [0.4, 0.5) is 5.69 Å². The predicted molar refractivity (Wildman–Crippen MR) is 94.7 cm³/mol. The molecule has 0 aliphatic heterocycles. The first-order chi connectivity index (χ1) is 11.3. The summed E-state index contributed by atoms with van der Waals surface area (Å²) in [6, 6.07) is 15.2. The quantitative estimate of drug-likeness (QED) is 0.828. The van der Waals surface area contributed by atoms with Crippen LogP contribution in [-0.4, -0.2) is 25.8 Å². The fraction of sp³-hybridized carbons (Fsp3) is 0.176. The Labute approximate surface area is 145 Å².